The summed E-state index contributed by atoms with van der Waals surface area (Å²) in [5.74, 6) is 0.436. The summed E-state index contributed by atoms with van der Waals surface area (Å²) in [6, 6.07) is 16.3. The second-order valence-electron chi connectivity index (χ2n) is 5.25. The predicted octanol–water partition coefficient (Wildman–Crippen LogP) is 2.93. The molecule has 1 aliphatic heterocycles. The Balaban J connectivity index is 1.96. The van der Waals surface area contributed by atoms with Crippen molar-refractivity contribution >= 4 is 11.6 Å². The molecule has 0 bridgehead atoms. The number of amides is 1. The zero-order valence-electron chi connectivity index (χ0n) is 11.3. The number of hydrogen-bond acceptors (Lipinski definition) is 2. The number of carbonyl (C=O) groups is 1. The van der Waals surface area contributed by atoms with Crippen LogP contribution in [0.25, 0.3) is 11.1 Å². The van der Waals surface area contributed by atoms with E-state index < -0.39 is 0 Å². The molecular formula is C17H18N2O. The molecule has 0 aromatic heterocycles. The van der Waals surface area contributed by atoms with Gasteiger partial charge in [-0.15, -0.1) is 0 Å². The van der Waals surface area contributed by atoms with Gasteiger partial charge in [0.2, 0.25) is 5.91 Å². The second-order valence-corrected chi connectivity index (χ2v) is 5.25. The van der Waals surface area contributed by atoms with Crippen LogP contribution in [0.4, 0.5) is 5.69 Å². The van der Waals surface area contributed by atoms with Crippen molar-refractivity contribution in [3.8, 4) is 11.1 Å². The molecule has 0 aliphatic carbocycles. The van der Waals surface area contributed by atoms with Gasteiger partial charge in [-0.3, -0.25) is 4.79 Å². The lowest BCUT2D eigenvalue weighted by Gasteiger charge is -2.23. The number of carbonyl (C=O) groups excluding carboxylic acids is 1. The Morgan fingerprint density at radius 3 is 2.65 bits per heavy atom. The van der Waals surface area contributed by atoms with Gasteiger partial charge in [-0.05, 0) is 35.6 Å². The molecule has 3 N–H and O–H groups in total. The monoisotopic (exact) mass is 266 g/mol. The van der Waals surface area contributed by atoms with E-state index in [0.29, 0.717) is 12.3 Å². The molecule has 1 atom stereocenters. The van der Waals surface area contributed by atoms with Crippen molar-refractivity contribution in [2.45, 2.75) is 18.8 Å². The molecule has 2 aromatic carbocycles. The van der Waals surface area contributed by atoms with Crippen LogP contribution in [0.5, 0.6) is 0 Å². The van der Waals surface area contributed by atoms with Gasteiger partial charge < -0.3 is 11.1 Å². The van der Waals surface area contributed by atoms with Gasteiger partial charge in [-0.25, -0.2) is 0 Å². The molecule has 1 saturated heterocycles. The molecule has 3 nitrogen and oxygen atoms in total. The Hall–Kier alpha value is -2.29. The van der Waals surface area contributed by atoms with E-state index in [1.807, 2.05) is 30.3 Å². The summed E-state index contributed by atoms with van der Waals surface area (Å²) in [5, 5.41) is 2.88. The Kier molecular flexibility index (Phi) is 3.42. The van der Waals surface area contributed by atoms with E-state index >= 15 is 0 Å². The average molecular weight is 266 g/mol. The van der Waals surface area contributed by atoms with Crippen LogP contribution >= 0.6 is 0 Å². The first-order valence-corrected chi connectivity index (χ1v) is 6.95. The summed E-state index contributed by atoms with van der Waals surface area (Å²) in [6.07, 6.45) is 1.56. The van der Waals surface area contributed by atoms with Gasteiger partial charge >= 0.3 is 0 Å². The van der Waals surface area contributed by atoms with E-state index in [9.17, 15) is 4.79 Å². The van der Waals surface area contributed by atoms with E-state index in [1.54, 1.807) is 0 Å². The van der Waals surface area contributed by atoms with Crippen LogP contribution in [-0.2, 0) is 4.79 Å². The van der Waals surface area contributed by atoms with E-state index in [4.69, 9.17) is 5.73 Å². The van der Waals surface area contributed by atoms with E-state index in [2.05, 4.69) is 23.5 Å². The number of anilines is 1. The van der Waals surface area contributed by atoms with Crippen molar-refractivity contribution in [2.75, 3.05) is 12.3 Å². The molecule has 3 rings (SSSR count). The summed E-state index contributed by atoms with van der Waals surface area (Å²) in [7, 11) is 0. The van der Waals surface area contributed by atoms with E-state index in [-0.39, 0.29) is 5.91 Å². The summed E-state index contributed by atoms with van der Waals surface area (Å²) >= 11 is 0. The van der Waals surface area contributed by atoms with Crippen LogP contribution in [0.3, 0.4) is 0 Å². The first-order valence-electron chi connectivity index (χ1n) is 6.95. The maximum absolute atomic E-state index is 11.5. The molecule has 2 aromatic rings. The molecule has 0 spiro atoms. The van der Waals surface area contributed by atoms with E-state index in [0.717, 1.165) is 29.8 Å². The summed E-state index contributed by atoms with van der Waals surface area (Å²) < 4.78 is 0. The highest BCUT2D eigenvalue weighted by atomic mass is 16.1. The lowest BCUT2D eigenvalue weighted by atomic mass is 9.87. The summed E-state index contributed by atoms with van der Waals surface area (Å²) in [4.78, 5) is 11.5. The molecule has 0 unspecified atom stereocenters. The number of nitrogens with one attached hydrogen (secondary N) is 1. The van der Waals surface area contributed by atoms with Crippen LogP contribution in [0.15, 0.2) is 48.5 Å². The van der Waals surface area contributed by atoms with Crippen molar-refractivity contribution in [1.29, 1.82) is 0 Å². The molecule has 20 heavy (non-hydrogen) atoms. The third-order valence-electron chi connectivity index (χ3n) is 3.88. The van der Waals surface area contributed by atoms with Crippen LogP contribution in [0.1, 0.15) is 24.3 Å². The molecule has 1 amide bonds. The number of benzene rings is 2. The van der Waals surface area contributed by atoms with Crippen molar-refractivity contribution in [3.05, 3.63) is 54.1 Å². The standard InChI is InChI=1S/C17H18N2O/c18-16-7-6-13(14-8-9-19-17(20)11-14)10-15(16)12-4-2-1-3-5-12/h1-7,10,14H,8-9,11,18H2,(H,19,20)/t14-/m0/s1. The van der Waals surface area contributed by atoms with Crippen molar-refractivity contribution in [3.63, 3.8) is 0 Å². The van der Waals surface area contributed by atoms with Crippen LogP contribution in [-0.4, -0.2) is 12.5 Å². The van der Waals surface area contributed by atoms with E-state index in [1.165, 1.54) is 5.56 Å². The largest absolute Gasteiger partial charge is 0.398 e. The quantitative estimate of drug-likeness (QED) is 0.821. The van der Waals surface area contributed by atoms with Gasteiger partial charge in [0, 0.05) is 24.2 Å². The maximum Gasteiger partial charge on any atom is 0.220 e. The highest BCUT2D eigenvalue weighted by Gasteiger charge is 2.21. The fourth-order valence-corrected chi connectivity index (χ4v) is 2.76. The van der Waals surface area contributed by atoms with Crippen LogP contribution in [0, 0.1) is 0 Å². The molecule has 0 radical (unpaired) electrons. The average Bonchev–Trinajstić information content (AvgIpc) is 2.48. The van der Waals surface area contributed by atoms with Gasteiger partial charge in [-0.1, -0.05) is 36.4 Å². The minimum atomic E-state index is 0.138. The Bertz CT molecular complexity index is 622. The minimum absolute atomic E-state index is 0.138. The number of nitrogens with two attached hydrogens (primary N) is 1. The molecule has 1 heterocycles. The smallest absolute Gasteiger partial charge is 0.220 e. The summed E-state index contributed by atoms with van der Waals surface area (Å²) in [5.41, 5.74) is 10.2. The Morgan fingerprint density at radius 2 is 1.90 bits per heavy atom. The highest BCUT2D eigenvalue weighted by Crippen LogP contribution is 2.32. The zero-order valence-corrected chi connectivity index (χ0v) is 11.3. The molecule has 102 valence electrons. The fourth-order valence-electron chi connectivity index (χ4n) is 2.76. The van der Waals surface area contributed by atoms with Gasteiger partial charge in [0.05, 0.1) is 0 Å². The van der Waals surface area contributed by atoms with Crippen LogP contribution in [0.2, 0.25) is 0 Å². The number of rotatable bonds is 2. The predicted molar refractivity (Wildman–Crippen MR) is 81.3 cm³/mol. The van der Waals surface area contributed by atoms with Gasteiger partial charge in [0.1, 0.15) is 0 Å². The highest BCUT2D eigenvalue weighted by molar-refractivity contribution is 5.79. The third-order valence-corrected chi connectivity index (χ3v) is 3.88. The van der Waals surface area contributed by atoms with Gasteiger partial charge in [-0.2, -0.15) is 0 Å². The third kappa shape index (κ3) is 2.52. The topological polar surface area (TPSA) is 55.1 Å². The first kappa shape index (κ1) is 12.7. The maximum atomic E-state index is 11.5. The lowest BCUT2D eigenvalue weighted by molar-refractivity contribution is -0.122. The Morgan fingerprint density at radius 1 is 1.10 bits per heavy atom. The summed E-state index contributed by atoms with van der Waals surface area (Å²) in [6.45, 7) is 0.758. The minimum Gasteiger partial charge on any atom is -0.398 e. The Labute approximate surface area is 118 Å². The van der Waals surface area contributed by atoms with Gasteiger partial charge in [0.15, 0.2) is 0 Å². The number of nitrogen functional groups attached to an aromatic ring is 1. The van der Waals surface area contributed by atoms with Gasteiger partial charge in [0.25, 0.3) is 0 Å². The van der Waals surface area contributed by atoms with Crippen LogP contribution < -0.4 is 11.1 Å². The molecular weight excluding hydrogens is 248 g/mol. The van der Waals surface area contributed by atoms with Crippen molar-refractivity contribution in [2.24, 2.45) is 0 Å². The second kappa shape index (κ2) is 5.37. The molecule has 1 fully saturated rings. The fraction of sp³-hybridized carbons (Fsp3) is 0.235. The van der Waals surface area contributed by atoms with Crippen molar-refractivity contribution in [1.82, 2.24) is 5.32 Å². The zero-order chi connectivity index (χ0) is 13.9. The SMILES string of the molecule is Nc1ccc([C@H]2CCNC(=O)C2)cc1-c1ccccc1. The normalized spacial score (nSPS) is 18.6. The number of hydrogen-bond donors (Lipinski definition) is 2. The van der Waals surface area contributed by atoms with Crippen molar-refractivity contribution < 1.29 is 4.79 Å². The molecule has 3 heteroatoms. The number of piperidine rings is 1. The molecule has 1 aliphatic rings. The lowest BCUT2D eigenvalue weighted by Crippen LogP contribution is -2.32. The molecule has 0 saturated carbocycles. The first-order chi connectivity index (χ1) is 9.74.